The topological polar surface area (TPSA) is 82.6 Å². The van der Waals surface area contributed by atoms with Crippen LogP contribution in [0, 0.1) is 0 Å². The molecule has 2 aliphatic heterocycles. The summed E-state index contributed by atoms with van der Waals surface area (Å²) >= 11 is 1.60. The van der Waals surface area contributed by atoms with Crippen LogP contribution in [0.3, 0.4) is 0 Å². The summed E-state index contributed by atoms with van der Waals surface area (Å²) in [5.74, 6) is -0.307. The molecule has 4 rings (SSSR count). The number of benzene rings is 2. The summed E-state index contributed by atoms with van der Waals surface area (Å²) in [6.07, 6.45) is 1.98. The fourth-order valence-corrected chi connectivity index (χ4v) is 4.07. The number of nitrogens with one attached hydrogen (secondary N) is 3. The maximum atomic E-state index is 12.2. The number of hydrazone groups is 1. The molecule has 0 fully saturated rings. The van der Waals surface area contributed by atoms with Crippen LogP contribution < -0.4 is 16.1 Å². The molecule has 3 N–H and O–H groups in total. The Hall–Kier alpha value is -3.32. The first-order valence-corrected chi connectivity index (χ1v) is 9.56. The number of hydrogen-bond donors (Lipinski definition) is 3. The van der Waals surface area contributed by atoms with Crippen molar-refractivity contribution in [1.29, 1.82) is 0 Å². The van der Waals surface area contributed by atoms with E-state index in [1.807, 2.05) is 61.5 Å². The number of rotatable bonds is 3. The predicted molar refractivity (Wildman–Crippen MR) is 113 cm³/mol. The van der Waals surface area contributed by atoms with Crippen molar-refractivity contribution < 1.29 is 9.59 Å². The molecule has 0 bridgehead atoms. The van der Waals surface area contributed by atoms with E-state index in [1.54, 1.807) is 11.8 Å². The molecular formula is C21H18N4O2S. The van der Waals surface area contributed by atoms with E-state index in [9.17, 15) is 9.59 Å². The summed E-state index contributed by atoms with van der Waals surface area (Å²) in [6, 6.07) is 15.6. The maximum Gasteiger partial charge on any atom is 0.275 e. The summed E-state index contributed by atoms with van der Waals surface area (Å²) in [5.41, 5.74) is 7.21. The van der Waals surface area contributed by atoms with Gasteiger partial charge in [0.1, 0.15) is 0 Å². The minimum absolute atomic E-state index is 0.0986. The minimum Gasteiger partial charge on any atom is -0.354 e. The van der Waals surface area contributed by atoms with E-state index in [0.717, 1.165) is 32.4 Å². The molecule has 2 heterocycles. The number of carbonyl (C=O) groups excluding carboxylic acids is 2. The third kappa shape index (κ3) is 3.57. The largest absolute Gasteiger partial charge is 0.354 e. The Kier molecular flexibility index (Phi) is 4.75. The monoisotopic (exact) mass is 390 g/mol. The van der Waals surface area contributed by atoms with Gasteiger partial charge in [-0.25, -0.2) is 5.43 Å². The average Bonchev–Trinajstić information content (AvgIpc) is 3.01. The summed E-state index contributed by atoms with van der Waals surface area (Å²) in [7, 11) is 0. The highest BCUT2D eigenvalue weighted by Gasteiger charge is 2.26. The van der Waals surface area contributed by atoms with Crippen molar-refractivity contribution in [3.8, 4) is 0 Å². The van der Waals surface area contributed by atoms with Gasteiger partial charge < -0.3 is 10.6 Å². The van der Waals surface area contributed by atoms with Crippen molar-refractivity contribution in [2.45, 2.75) is 18.7 Å². The van der Waals surface area contributed by atoms with Gasteiger partial charge in [0, 0.05) is 33.7 Å². The molecule has 0 saturated heterocycles. The lowest BCUT2D eigenvalue weighted by molar-refractivity contribution is -0.116. The van der Waals surface area contributed by atoms with Crippen LogP contribution in [0.2, 0.25) is 0 Å². The van der Waals surface area contributed by atoms with Gasteiger partial charge >= 0.3 is 0 Å². The second-order valence-corrected chi connectivity index (χ2v) is 7.53. The van der Waals surface area contributed by atoms with Crippen molar-refractivity contribution in [2.75, 3.05) is 10.6 Å². The molecule has 0 radical (unpaired) electrons. The number of allylic oxidation sites excluding steroid dienone is 1. The Morgan fingerprint density at radius 1 is 1.11 bits per heavy atom. The maximum absolute atomic E-state index is 12.2. The molecule has 140 valence electrons. The minimum atomic E-state index is -0.209. The van der Waals surface area contributed by atoms with Crippen molar-refractivity contribution in [3.05, 3.63) is 71.4 Å². The Labute approximate surface area is 166 Å². The molecule has 2 aromatic carbocycles. The van der Waals surface area contributed by atoms with Crippen molar-refractivity contribution in [1.82, 2.24) is 5.43 Å². The van der Waals surface area contributed by atoms with Gasteiger partial charge in [0.05, 0.1) is 17.0 Å². The third-order valence-corrected chi connectivity index (χ3v) is 5.39. The second-order valence-electron chi connectivity index (χ2n) is 6.41. The van der Waals surface area contributed by atoms with E-state index in [4.69, 9.17) is 0 Å². The fourth-order valence-electron chi connectivity index (χ4n) is 3.08. The Morgan fingerprint density at radius 3 is 2.54 bits per heavy atom. The zero-order valence-electron chi connectivity index (χ0n) is 15.4. The second kappa shape index (κ2) is 7.36. The molecule has 2 aromatic rings. The van der Waals surface area contributed by atoms with Crippen LogP contribution in [0.25, 0.3) is 4.91 Å². The normalized spacial score (nSPS) is 17.9. The van der Waals surface area contributed by atoms with Crippen LogP contribution in [0.5, 0.6) is 0 Å². The van der Waals surface area contributed by atoms with Crippen molar-refractivity contribution >= 4 is 45.6 Å². The van der Waals surface area contributed by atoms with E-state index in [1.165, 1.54) is 6.92 Å². The molecule has 2 aliphatic rings. The zero-order chi connectivity index (χ0) is 19.7. The summed E-state index contributed by atoms with van der Waals surface area (Å²) in [5, 5.41) is 10.1. The first-order chi connectivity index (χ1) is 13.5. The molecule has 0 atom stereocenters. The van der Waals surface area contributed by atoms with Crippen molar-refractivity contribution in [3.63, 3.8) is 0 Å². The third-order valence-electron chi connectivity index (χ3n) is 4.32. The van der Waals surface area contributed by atoms with Gasteiger partial charge in [-0.15, -0.1) is 0 Å². The lowest BCUT2D eigenvalue weighted by Gasteiger charge is -2.22. The highest BCUT2D eigenvalue weighted by Crippen LogP contribution is 2.42. The van der Waals surface area contributed by atoms with Gasteiger partial charge in [0.2, 0.25) is 5.91 Å². The molecule has 7 heteroatoms. The number of carbonyl (C=O) groups is 2. The molecule has 2 amide bonds. The highest BCUT2D eigenvalue weighted by atomic mass is 32.2. The summed E-state index contributed by atoms with van der Waals surface area (Å²) in [6.45, 7) is 3.29. The molecule has 0 saturated carbocycles. The summed E-state index contributed by atoms with van der Waals surface area (Å²) in [4.78, 5) is 25.4. The van der Waals surface area contributed by atoms with Gasteiger partial charge in [-0.1, -0.05) is 30.0 Å². The lowest BCUT2D eigenvalue weighted by atomic mass is 10.0. The quantitative estimate of drug-likeness (QED) is 0.693. The van der Waals surface area contributed by atoms with Crippen LogP contribution in [0.4, 0.5) is 11.4 Å². The molecule has 0 spiro atoms. The smallest absolute Gasteiger partial charge is 0.275 e. The van der Waals surface area contributed by atoms with Crippen LogP contribution >= 0.6 is 11.8 Å². The number of nitrogens with zero attached hydrogens (tertiary/aromatic N) is 1. The number of para-hydroxylation sites is 1. The molecule has 0 aromatic heterocycles. The Morgan fingerprint density at radius 2 is 1.86 bits per heavy atom. The van der Waals surface area contributed by atoms with Gasteiger partial charge in [-0.3, -0.25) is 9.59 Å². The van der Waals surface area contributed by atoms with Gasteiger partial charge in [0.15, 0.2) is 0 Å². The van der Waals surface area contributed by atoms with Crippen LogP contribution in [0.1, 0.15) is 19.4 Å². The Bertz CT molecular complexity index is 1070. The van der Waals surface area contributed by atoms with E-state index < -0.39 is 0 Å². The molecule has 28 heavy (non-hydrogen) atoms. The van der Waals surface area contributed by atoms with E-state index in [2.05, 4.69) is 21.2 Å². The molecule has 0 unspecified atom stereocenters. The fraction of sp³-hybridized carbons (Fsp3) is 0.0952. The van der Waals surface area contributed by atoms with Gasteiger partial charge in [-0.2, -0.15) is 5.10 Å². The molecule has 6 nitrogen and oxygen atoms in total. The number of anilines is 2. The standard InChI is InChI=1S/C21H18N4O2S/c1-12-20(21(27)25-24-12)18-11-19(16-5-3-4-6-17(16)23-18)28-15-9-7-14(8-10-15)22-13(2)26/h3-11,23H,1-2H3,(H,22,26)(H,25,27)/b20-18-. The Balaban J connectivity index is 1.71. The molecular weight excluding hydrogens is 372 g/mol. The highest BCUT2D eigenvalue weighted by molar-refractivity contribution is 8.08. The van der Waals surface area contributed by atoms with Crippen LogP contribution in [-0.2, 0) is 9.59 Å². The lowest BCUT2D eigenvalue weighted by Crippen LogP contribution is -2.18. The van der Waals surface area contributed by atoms with E-state index >= 15 is 0 Å². The first kappa shape index (κ1) is 18.1. The van der Waals surface area contributed by atoms with E-state index in [0.29, 0.717) is 11.3 Å². The predicted octanol–water partition coefficient (Wildman–Crippen LogP) is 3.96. The van der Waals surface area contributed by atoms with E-state index in [-0.39, 0.29) is 11.8 Å². The SMILES string of the molecule is CC(=O)Nc1ccc(SC2=C/C(=C3/C(=O)NN=C3C)Nc3ccccc32)cc1. The number of amides is 2. The number of fused-ring (bicyclic) bond motifs is 1. The number of hydrogen-bond acceptors (Lipinski definition) is 5. The van der Waals surface area contributed by atoms with Gasteiger partial charge in [0.25, 0.3) is 5.91 Å². The first-order valence-electron chi connectivity index (χ1n) is 8.74. The van der Waals surface area contributed by atoms with Crippen LogP contribution in [-0.4, -0.2) is 17.5 Å². The summed E-state index contributed by atoms with van der Waals surface area (Å²) < 4.78 is 0. The number of thioether (sulfide) groups is 1. The molecule has 0 aliphatic carbocycles. The van der Waals surface area contributed by atoms with Gasteiger partial charge in [-0.05, 0) is 43.3 Å². The zero-order valence-corrected chi connectivity index (χ0v) is 16.2. The van der Waals surface area contributed by atoms with Crippen molar-refractivity contribution in [2.24, 2.45) is 5.10 Å². The average molecular weight is 390 g/mol. The van der Waals surface area contributed by atoms with Crippen LogP contribution in [0.15, 0.2) is 75.9 Å².